The first-order chi connectivity index (χ1) is 16.0. The van der Waals surface area contributed by atoms with E-state index in [1.54, 1.807) is 24.5 Å². The number of likely N-dealkylation sites (N-methyl/N-ethyl adjacent to an activating group) is 1. The van der Waals surface area contributed by atoms with Gasteiger partial charge >= 0.3 is 5.97 Å². The molecule has 2 aliphatic rings. The van der Waals surface area contributed by atoms with Crippen LogP contribution < -0.4 is 5.11 Å². The molecule has 2 heterocycles. The Balaban J connectivity index is 1.29. The highest BCUT2D eigenvalue weighted by atomic mass is 16.6. The van der Waals surface area contributed by atoms with Gasteiger partial charge in [-0.15, -0.1) is 0 Å². The molecule has 6 nitrogen and oxygen atoms in total. The lowest BCUT2D eigenvalue weighted by atomic mass is 9.91. The molecular weight excluding hydrogens is 414 g/mol. The van der Waals surface area contributed by atoms with Gasteiger partial charge in [-0.1, -0.05) is 48.5 Å². The Labute approximate surface area is 194 Å². The SMILES string of the molecule is C[N@@+]1(CCCc2ncccn2)CCCC(OC(=O)C2([O-])c3ccccc3-c3ccccc32)C1. The van der Waals surface area contributed by atoms with Crippen LogP contribution in [0.15, 0.2) is 67.0 Å². The number of esters is 1. The Bertz CT molecular complexity index is 1100. The van der Waals surface area contributed by atoms with E-state index in [0.29, 0.717) is 11.1 Å². The molecule has 5 rings (SSSR count). The Kier molecular flexibility index (Phi) is 5.72. The zero-order valence-corrected chi connectivity index (χ0v) is 18.9. The van der Waals surface area contributed by atoms with E-state index in [1.807, 2.05) is 42.5 Å². The monoisotopic (exact) mass is 443 g/mol. The number of aromatic nitrogens is 2. The van der Waals surface area contributed by atoms with Crippen LogP contribution in [0.1, 0.15) is 36.2 Å². The number of fused-ring (bicyclic) bond motifs is 3. The second-order valence-corrected chi connectivity index (χ2v) is 9.46. The van der Waals surface area contributed by atoms with E-state index in [9.17, 15) is 9.90 Å². The van der Waals surface area contributed by atoms with Crippen molar-refractivity contribution in [1.82, 2.24) is 9.97 Å². The summed E-state index contributed by atoms with van der Waals surface area (Å²) in [5.74, 6) is 0.173. The molecule has 1 unspecified atom stereocenters. The van der Waals surface area contributed by atoms with Crippen LogP contribution in [0.4, 0.5) is 0 Å². The number of rotatable bonds is 6. The Morgan fingerprint density at radius 1 is 1.06 bits per heavy atom. The van der Waals surface area contributed by atoms with Crippen LogP contribution >= 0.6 is 0 Å². The molecule has 6 heteroatoms. The Morgan fingerprint density at radius 2 is 1.70 bits per heavy atom. The van der Waals surface area contributed by atoms with Gasteiger partial charge in [0.15, 0.2) is 6.10 Å². The molecule has 2 aromatic carbocycles. The van der Waals surface area contributed by atoms with Gasteiger partial charge in [-0.25, -0.2) is 9.97 Å². The van der Waals surface area contributed by atoms with Crippen LogP contribution in [0, 0.1) is 0 Å². The predicted molar refractivity (Wildman–Crippen MR) is 123 cm³/mol. The van der Waals surface area contributed by atoms with Gasteiger partial charge < -0.3 is 14.3 Å². The zero-order valence-electron chi connectivity index (χ0n) is 18.9. The van der Waals surface area contributed by atoms with E-state index in [4.69, 9.17) is 4.74 Å². The maximum atomic E-state index is 14.1. The van der Waals surface area contributed by atoms with E-state index in [-0.39, 0.29) is 6.10 Å². The molecule has 3 aromatic rings. The Hall–Kier alpha value is -3.09. The number of carbonyl (C=O) groups is 1. The quantitative estimate of drug-likeness (QED) is 0.433. The largest absolute Gasteiger partial charge is 0.834 e. The summed E-state index contributed by atoms with van der Waals surface area (Å²) < 4.78 is 6.78. The van der Waals surface area contributed by atoms with Crippen molar-refractivity contribution in [3.63, 3.8) is 0 Å². The summed E-state index contributed by atoms with van der Waals surface area (Å²) >= 11 is 0. The van der Waals surface area contributed by atoms with Gasteiger partial charge in [0.2, 0.25) is 0 Å². The lowest BCUT2D eigenvalue weighted by Crippen LogP contribution is -2.56. The van der Waals surface area contributed by atoms with E-state index in [0.717, 1.165) is 66.8 Å². The van der Waals surface area contributed by atoms with Gasteiger partial charge in [-0.05, 0) is 34.7 Å². The van der Waals surface area contributed by atoms with Gasteiger partial charge in [0.1, 0.15) is 12.4 Å². The van der Waals surface area contributed by atoms with Gasteiger partial charge in [0.05, 0.1) is 20.1 Å². The van der Waals surface area contributed by atoms with Gasteiger partial charge in [-0.3, -0.25) is 4.79 Å². The van der Waals surface area contributed by atoms with Gasteiger partial charge in [-0.2, -0.15) is 0 Å². The normalized spacial score (nSPS) is 22.9. The molecule has 1 aliphatic carbocycles. The number of benzene rings is 2. The number of ether oxygens (including phenoxy) is 1. The number of carbonyl (C=O) groups excluding carboxylic acids is 1. The summed E-state index contributed by atoms with van der Waals surface area (Å²) in [6.45, 7) is 2.72. The number of piperidine rings is 1. The number of nitrogens with zero attached hydrogens (tertiary/aromatic N) is 3. The van der Waals surface area contributed by atoms with Crippen molar-refractivity contribution in [3.05, 3.63) is 83.9 Å². The lowest BCUT2D eigenvalue weighted by molar-refractivity contribution is -0.917. The lowest BCUT2D eigenvalue weighted by Gasteiger charge is -2.43. The van der Waals surface area contributed by atoms with Crippen molar-refractivity contribution in [2.75, 3.05) is 26.7 Å². The van der Waals surface area contributed by atoms with Crippen LogP contribution in [-0.4, -0.2) is 53.2 Å². The van der Waals surface area contributed by atoms with Crippen molar-refractivity contribution >= 4 is 5.97 Å². The molecule has 1 saturated heterocycles. The number of likely N-dealkylation sites (tertiary alicyclic amines) is 1. The molecular formula is C27H29N3O3. The highest BCUT2D eigenvalue weighted by Gasteiger charge is 2.43. The Morgan fingerprint density at radius 3 is 2.36 bits per heavy atom. The summed E-state index contributed by atoms with van der Waals surface area (Å²) in [5.41, 5.74) is 0.623. The minimum atomic E-state index is -2.02. The standard InChI is InChI=1S/C27H29N3O3/c1-30(18-7-14-25-28-15-8-16-29-25)17-6-9-20(19-30)33-26(31)27(32)23-12-4-2-10-21(23)22-11-3-5-13-24(22)27/h2-5,8,10-13,15-16,20H,6-7,9,14,17-19H2,1H3/t20?,30-/m0/s1. The fourth-order valence-corrected chi connectivity index (χ4v) is 5.40. The maximum Gasteiger partial charge on any atom is 0.304 e. The first-order valence-electron chi connectivity index (χ1n) is 11.7. The summed E-state index contributed by atoms with van der Waals surface area (Å²) in [4.78, 5) is 22.0. The van der Waals surface area contributed by atoms with Crippen LogP contribution in [-0.2, 0) is 21.6 Å². The second kappa shape index (κ2) is 8.69. The van der Waals surface area contributed by atoms with Crippen molar-refractivity contribution < 1.29 is 19.1 Å². The van der Waals surface area contributed by atoms with Crippen LogP contribution in [0.5, 0.6) is 0 Å². The fourth-order valence-electron chi connectivity index (χ4n) is 5.40. The molecule has 0 spiro atoms. The molecule has 1 fully saturated rings. The average Bonchev–Trinajstić information content (AvgIpc) is 3.10. The molecule has 170 valence electrons. The molecule has 0 saturated carbocycles. The van der Waals surface area contributed by atoms with Gasteiger partial charge in [0, 0.05) is 37.3 Å². The first kappa shape index (κ1) is 21.7. The van der Waals surface area contributed by atoms with Crippen LogP contribution in [0.2, 0.25) is 0 Å². The van der Waals surface area contributed by atoms with Crippen molar-refractivity contribution in [2.45, 2.75) is 37.4 Å². The molecule has 2 atom stereocenters. The molecule has 0 bridgehead atoms. The van der Waals surface area contributed by atoms with Crippen LogP contribution in [0.3, 0.4) is 0 Å². The summed E-state index contributed by atoms with van der Waals surface area (Å²) in [6, 6.07) is 16.6. The van der Waals surface area contributed by atoms with Crippen molar-refractivity contribution in [2.24, 2.45) is 0 Å². The zero-order chi connectivity index (χ0) is 22.9. The highest BCUT2D eigenvalue weighted by Crippen LogP contribution is 2.46. The number of quaternary nitrogens is 1. The summed E-state index contributed by atoms with van der Waals surface area (Å²) in [5, 5.41) is 14.1. The molecule has 33 heavy (non-hydrogen) atoms. The van der Waals surface area contributed by atoms with Gasteiger partial charge in [0.25, 0.3) is 0 Å². The predicted octanol–water partition coefficient (Wildman–Crippen LogP) is 2.85. The van der Waals surface area contributed by atoms with E-state index in [2.05, 4.69) is 17.0 Å². The third kappa shape index (κ3) is 4.05. The summed E-state index contributed by atoms with van der Waals surface area (Å²) in [7, 11) is 2.21. The average molecular weight is 444 g/mol. The molecule has 1 aromatic heterocycles. The van der Waals surface area contributed by atoms with Crippen molar-refractivity contribution in [1.29, 1.82) is 0 Å². The number of hydrogen-bond donors (Lipinski definition) is 0. The topological polar surface area (TPSA) is 75.1 Å². The minimum absolute atomic E-state index is 0.255. The van der Waals surface area contributed by atoms with E-state index >= 15 is 0 Å². The third-order valence-electron chi connectivity index (χ3n) is 7.05. The fraction of sp³-hybridized carbons (Fsp3) is 0.370. The number of aryl methyl sites for hydroxylation is 1. The minimum Gasteiger partial charge on any atom is -0.834 e. The maximum absolute atomic E-state index is 14.1. The van der Waals surface area contributed by atoms with Crippen LogP contribution in [0.25, 0.3) is 11.1 Å². The third-order valence-corrected chi connectivity index (χ3v) is 7.05. The van der Waals surface area contributed by atoms with E-state index in [1.165, 1.54) is 0 Å². The molecule has 0 N–H and O–H groups in total. The smallest absolute Gasteiger partial charge is 0.304 e. The molecule has 0 radical (unpaired) electrons. The highest BCUT2D eigenvalue weighted by molar-refractivity contribution is 5.95. The van der Waals surface area contributed by atoms with E-state index < -0.39 is 11.6 Å². The second-order valence-electron chi connectivity index (χ2n) is 9.46. The number of hydrogen-bond acceptors (Lipinski definition) is 5. The molecule has 0 amide bonds. The first-order valence-corrected chi connectivity index (χ1v) is 11.7. The molecule has 1 aliphatic heterocycles. The van der Waals surface area contributed by atoms with Crippen molar-refractivity contribution in [3.8, 4) is 11.1 Å². The summed E-state index contributed by atoms with van der Waals surface area (Å²) in [6.07, 6.45) is 6.84.